The van der Waals surface area contributed by atoms with Crippen molar-refractivity contribution < 1.29 is 38.1 Å². The fourth-order valence-electron chi connectivity index (χ4n) is 7.10. The number of benzene rings is 4. The molecule has 11 nitrogen and oxygen atoms in total. The lowest BCUT2D eigenvalue weighted by atomic mass is 9.96. The highest BCUT2D eigenvalue weighted by molar-refractivity contribution is 6.68. The van der Waals surface area contributed by atoms with Gasteiger partial charge in [0.2, 0.25) is 0 Å². The third-order valence-electron chi connectivity index (χ3n) is 10.0. The van der Waals surface area contributed by atoms with Crippen LogP contribution in [0, 0.1) is 27.7 Å². The minimum absolute atomic E-state index is 0.0393. The maximum atomic E-state index is 13.5. The normalized spacial score (nSPS) is 11.0. The van der Waals surface area contributed by atoms with Gasteiger partial charge < -0.3 is 23.8 Å². The molecule has 0 atom stereocenters. The van der Waals surface area contributed by atoms with Gasteiger partial charge in [-0.25, -0.2) is 5.84 Å². The zero-order valence-corrected chi connectivity index (χ0v) is 39.3. The average molecular weight is 861 g/mol. The summed E-state index contributed by atoms with van der Waals surface area (Å²) in [6.07, 6.45) is 1.40. The molecule has 332 valence electrons. The molecule has 0 spiro atoms. The lowest BCUT2D eigenvalue weighted by Gasteiger charge is -2.38. The zero-order valence-electron chi connectivity index (χ0n) is 38.6. The molecule has 0 fully saturated rings. The Labute approximate surface area is 368 Å². The third kappa shape index (κ3) is 14.5. The minimum Gasteiger partial charge on any atom is -0.496 e. The van der Waals surface area contributed by atoms with Crippen molar-refractivity contribution in [2.45, 2.75) is 93.2 Å². The molecule has 0 bridgehead atoms. The number of rotatable bonds is 16. The number of carbonyl (C=O) groups is 4. The molecule has 0 radical (unpaired) electrons. The van der Waals surface area contributed by atoms with E-state index in [1.807, 2.05) is 124 Å². The molecule has 0 aromatic heterocycles. The molecule has 12 heteroatoms. The minimum atomic E-state index is -0.662. The molecule has 2 amide bonds. The molecule has 4 rings (SSSR count). The van der Waals surface area contributed by atoms with Gasteiger partial charge >= 0.3 is 0 Å². The van der Waals surface area contributed by atoms with Crippen LogP contribution in [-0.2, 0) is 22.3 Å². The summed E-state index contributed by atoms with van der Waals surface area (Å²) in [5.74, 6) is 6.83. The maximum Gasteiger partial charge on any atom is 0.268 e. The van der Waals surface area contributed by atoms with Gasteiger partial charge in [-0.2, -0.15) is 0 Å². The molecule has 4 aromatic carbocycles. The Morgan fingerprint density at radius 3 is 1.39 bits per heavy atom. The van der Waals surface area contributed by atoms with E-state index < -0.39 is 16.3 Å². The first-order valence-corrected chi connectivity index (χ1v) is 20.6. The van der Waals surface area contributed by atoms with E-state index in [9.17, 15) is 19.2 Å². The Balaban J connectivity index is 0.000000349. The van der Waals surface area contributed by atoms with Gasteiger partial charge in [-0.15, -0.1) is 0 Å². The Morgan fingerprint density at radius 1 is 0.607 bits per heavy atom. The van der Waals surface area contributed by atoms with Crippen LogP contribution >= 0.6 is 11.6 Å². The first kappa shape index (κ1) is 52.1. The maximum absolute atomic E-state index is 13.5. The predicted molar refractivity (Wildman–Crippen MR) is 244 cm³/mol. The molecule has 0 aliphatic rings. The van der Waals surface area contributed by atoms with Crippen LogP contribution in [0.1, 0.15) is 116 Å². The molecule has 0 heterocycles. The standard InChI is InChI=1S/C25H33NO4.C14H22N2O2.C10H11ClO2/c1-8-20-21(10-9-11-23(20)30-7)22(27)15-26(25(4,5)16-29-6)24(28)19-13-17(2)12-18(3)14-19;1-10-6-11(2)8-12(7-10)13(17)16(15)14(3,4)9-18-5;1-3-7-8(10(11)12)5-4-6-9(7)13-2/h9-14H,8,15-16H2,1-7H3;6-8H,9,15H2,1-5H3;4-6H,3H2,1-2H3. The largest absolute Gasteiger partial charge is 0.496 e. The van der Waals surface area contributed by atoms with Crippen molar-refractivity contribution in [1.82, 2.24) is 9.91 Å². The summed E-state index contributed by atoms with van der Waals surface area (Å²) >= 11 is 5.42. The van der Waals surface area contributed by atoms with E-state index in [1.165, 1.54) is 5.01 Å². The van der Waals surface area contributed by atoms with Crippen LogP contribution in [0.25, 0.3) is 0 Å². The molecule has 0 saturated carbocycles. The number of methoxy groups -OCH3 is 4. The van der Waals surface area contributed by atoms with Crippen molar-refractivity contribution in [3.05, 3.63) is 128 Å². The second kappa shape index (κ2) is 23.8. The molecule has 0 saturated heterocycles. The highest BCUT2D eigenvalue weighted by atomic mass is 35.5. The quantitative estimate of drug-likeness (QED) is 0.0384. The van der Waals surface area contributed by atoms with Crippen LogP contribution in [0.4, 0.5) is 0 Å². The Bertz CT molecular complexity index is 2090. The van der Waals surface area contributed by atoms with E-state index in [-0.39, 0.29) is 24.1 Å². The lowest BCUT2D eigenvalue weighted by molar-refractivity contribution is 0.0258. The van der Waals surface area contributed by atoms with E-state index in [4.69, 9.17) is 36.4 Å². The topological polar surface area (TPSA) is 138 Å². The smallest absolute Gasteiger partial charge is 0.268 e. The number of hydrazine groups is 1. The zero-order chi connectivity index (χ0) is 46.2. The summed E-state index contributed by atoms with van der Waals surface area (Å²) in [5.41, 5.74) is 6.95. The van der Waals surface area contributed by atoms with Crippen LogP contribution in [-0.4, -0.2) is 92.0 Å². The van der Waals surface area contributed by atoms with E-state index >= 15 is 0 Å². The number of hydrogen-bond donors (Lipinski definition) is 1. The summed E-state index contributed by atoms with van der Waals surface area (Å²) in [6.45, 7) is 20.0. The molecule has 2 N–H and O–H groups in total. The number of amides is 2. The van der Waals surface area contributed by atoms with Crippen LogP contribution < -0.4 is 15.3 Å². The highest BCUT2D eigenvalue weighted by Gasteiger charge is 2.34. The predicted octanol–water partition coefficient (Wildman–Crippen LogP) is 9.31. The van der Waals surface area contributed by atoms with Crippen LogP contribution in [0.3, 0.4) is 0 Å². The Kier molecular flexibility index (Phi) is 20.3. The van der Waals surface area contributed by atoms with Gasteiger partial charge in [-0.3, -0.25) is 24.2 Å². The van der Waals surface area contributed by atoms with Crippen molar-refractivity contribution in [3.8, 4) is 11.5 Å². The van der Waals surface area contributed by atoms with Crippen molar-refractivity contribution >= 4 is 34.4 Å². The summed E-state index contributed by atoms with van der Waals surface area (Å²) in [5, 5.41) is 0.806. The van der Waals surface area contributed by atoms with Crippen LogP contribution in [0.15, 0.2) is 72.8 Å². The average Bonchev–Trinajstić information content (AvgIpc) is 3.20. The van der Waals surface area contributed by atoms with Crippen molar-refractivity contribution in [2.75, 3.05) is 48.2 Å². The number of hydrogen-bond acceptors (Lipinski definition) is 9. The monoisotopic (exact) mass is 859 g/mol. The number of Topliss-reactive ketones (excluding diaryl/α,β-unsaturated/α-hetero) is 1. The number of ketones is 1. The number of aryl methyl sites for hydroxylation is 4. The molecular formula is C49H66ClN3O8. The summed E-state index contributed by atoms with van der Waals surface area (Å²) in [4.78, 5) is 51.8. The number of carbonyl (C=O) groups excluding carboxylic acids is 4. The second-order valence-corrected chi connectivity index (χ2v) is 16.5. The number of nitrogens with two attached hydrogens (primary N) is 1. The molecule has 4 aromatic rings. The van der Waals surface area contributed by atoms with E-state index in [0.717, 1.165) is 39.8 Å². The molecule has 0 unspecified atom stereocenters. The van der Waals surface area contributed by atoms with E-state index in [1.54, 1.807) is 51.5 Å². The Morgan fingerprint density at radius 2 is 1.00 bits per heavy atom. The summed E-state index contributed by atoms with van der Waals surface area (Å²) in [7, 11) is 6.37. The van der Waals surface area contributed by atoms with Crippen molar-refractivity contribution in [1.29, 1.82) is 0 Å². The van der Waals surface area contributed by atoms with Gasteiger partial charge in [0.1, 0.15) is 11.5 Å². The summed E-state index contributed by atoms with van der Waals surface area (Å²) in [6, 6.07) is 22.2. The molecule has 0 aliphatic carbocycles. The van der Waals surface area contributed by atoms with Gasteiger partial charge in [0.05, 0.1) is 45.1 Å². The van der Waals surface area contributed by atoms with Gasteiger partial charge in [-0.1, -0.05) is 66.4 Å². The first-order chi connectivity index (χ1) is 28.6. The number of halogens is 1. The van der Waals surface area contributed by atoms with Gasteiger partial charge in [0, 0.05) is 47.6 Å². The van der Waals surface area contributed by atoms with Crippen molar-refractivity contribution in [3.63, 3.8) is 0 Å². The molecule has 61 heavy (non-hydrogen) atoms. The lowest BCUT2D eigenvalue weighted by Crippen LogP contribution is -2.54. The van der Waals surface area contributed by atoms with E-state index in [0.29, 0.717) is 53.4 Å². The van der Waals surface area contributed by atoms with Crippen molar-refractivity contribution in [2.24, 2.45) is 5.84 Å². The van der Waals surface area contributed by atoms with Crippen LogP contribution in [0.2, 0.25) is 0 Å². The van der Waals surface area contributed by atoms with Gasteiger partial charge in [0.15, 0.2) is 5.78 Å². The second-order valence-electron chi connectivity index (χ2n) is 16.2. The van der Waals surface area contributed by atoms with Crippen LogP contribution in [0.5, 0.6) is 11.5 Å². The fraction of sp³-hybridized carbons (Fsp3) is 0.429. The Hall–Kier alpha value is -5.07. The van der Waals surface area contributed by atoms with Gasteiger partial charge in [-0.05, 0) is 122 Å². The molecular weight excluding hydrogens is 794 g/mol. The SMILES string of the molecule is CCc1c(OC)cccc1C(=O)CN(C(=O)c1cc(C)cc(C)c1)C(C)(C)COC.CCc1c(OC)cccc1C(=O)Cl.COCC(C)(C)N(N)C(=O)c1cc(C)cc(C)c1. The van der Waals surface area contributed by atoms with E-state index in [2.05, 4.69) is 0 Å². The molecule has 0 aliphatic heterocycles. The summed E-state index contributed by atoms with van der Waals surface area (Å²) < 4.78 is 21.0. The third-order valence-corrected chi connectivity index (χ3v) is 10.2. The first-order valence-electron chi connectivity index (χ1n) is 20.2. The van der Waals surface area contributed by atoms with Gasteiger partial charge in [0.25, 0.3) is 17.1 Å². The number of ether oxygens (including phenoxy) is 4. The highest BCUT2D eigenvalue weighted by Crippen LogP contribution is 2.27. The fourth-order valence-corrected chi connectivity index (χ4v) is 7.28. The number of nitrogens with zero attached hydrogens (tertiary/aromatic N) is 2.